The average molecular weight is 367 g/mol. The Balaban J connectivity index is 1.53. The number of hydrogen-bond acceptors (Lipinski definition) is 6. The second-order valence-corrected chi connectivity index (χ2v) is 7.16. The fourth-order valence-corrected chi connectivity index (χ4v) is 3.48. The smallest absolute Gasteiger partial charge is 0.254 e. The predicted molar refractivity (Wildman–Crippen MR) is 104 cm³/mol. The first-order chi connectivity index (χ1) is 13.1. The molecule has 1 aromatic carbocycles. The summed E-state index contributed by atoms with van der Waals surface area (Å²) >= 11 is 0. The van der Waals surface area contributed by atoms with Gasteiger partial charge in [-0.25, -0.2) is 9.97 Å². The van der Waals surface area contributed by atoms with Crippen molar-refractivity contribution < 1.29 is 9.53 Å². The summed E-state index contributed by atoms with van der Waals surface area (Å²) in [5, 5.41) is 0. The van der Waals surface area contributed by atoms with Crippen LogP contribution < -0.4 is 9.80 Å². The number of anilines is 2. The van der Waals surface area contributed by atoms with Crippen LogP contribution in [0.3, 0.4) is 0 Å². The predicted octanol–water partition coefficient (Wildman–Crippen LogP) is 1.58. The summed E-state index contributed by atoms with van der Waals surface area (Å²) in [7, 11) is 3.95. The zero-order valence-electron chi connectivity index (χ0n) is 15.9. The molecular formula is C20H25N5O2. The van der Waals surface area contributed by atoms with Crippen molar-refractivity contribution in [2.75, 3.05) is 56.7 Å². The molecule has 3 heterocycles. The highest BCUT2D eigenvalue weighted by molar-refractivity contribution is 5.95. The molecule has 7 heteroatoms. The van der Waals surface area contributed by atoms with Crippen LogP contribution in [0.15, 0.2) is 30.5 Å². The lowest BCUT2D eigenvalue weighted by Gasteiger charge is -2.31. The van der Waals surface area contributed by atoms with Crippen molar-refractivity contribution in [3.05, 3.63) is 47.3 Å². The van der Waals surface area contributed by atoms with Crippen LogP contribution in [0.2, 0.25) is 0 Å². The first kappa shape index (κ1) is 17.7. The van der Waals surface area contributed by atoms with Crippen molar-refractivity contribution in [1.29, 1.82) is 0 Å². The Morgan fingerprint density at radius 2 is 2.00 bits per heavy atom. The van der Waals surface area contributed by atoms with E-state index in [1.165, 1.54) is 0 Å². The molecule has 1 fully saturated rings. The minimum atomic E-state index is 0.0517. The number of ether oxygens (including phenoxy) is 1. The molecule has 0 saturated carbocycles. The maximum atomic E-state index is 13.0. The Labute approximate surface area is 159 Å². The van der Waals surface area contributed by atoms with Crippen LogP contribution in [0.4, 0.5) is 11.6 Å². The summed E-state index contributed by atoms with van der Waals surface area (Å²) in [5.41, 5.74) is 3.83. The van der Waals surface area contributed by atoms with Crippen LogP contribution in [-0.4, -0.2) is 67.7 Å². The first-order valence-electron chi connectivity index (χ1n) is 9.36. The maximum absolute atomic E-state index is 13.0. The molecule has 27 heavy (non-hydrogen) atoms. The number of morpholine rings is 1. The third-order valence-electron chi connectivity index (χ3n) is 5.12. The molecule has 0 N–H and O–H groups in total. The number of benzene rings is 1. The minimum Gasteiger partial charge on any atom is -0.378 e. The van der Waals surface area contributed by atoms with Gasteiger partial charge in [-0.15, -0.1) is 0 Å². The molecular weight excluding hydrogens is 342 g/mol. The minimum absolute atomic E-state index is 0.0517. The number of carbonyl (C=O) groups is 1. The van der Waals surface area contributed by atoms with Gasteiger partial charge in [0.1, 0.15) is 0 Å². The van der Waals surface area contributed by atoms with Crippen molar-refractivity contribution in [3.8, 4) is 0 Å². The van der Waals surface area contributed by atoms with E-state index in [0.29, 0.717) is 31.9 Å². The summed E-state index contributed by atoms with van der Waals surface area (Å²) in [6.07, 6.45) is 2.71. The lowest BCUT2D eigenvalue weighted by Crippen LogP contribution is -2.39. The molecule has 1 saturated heterocycles. The van der Waals surface area contributed by atoms with Gasteiger partial charge in [0, 0.05) is 51.2 Å². The Hall–Kier alpha value is -2.67. The molecule has 1 amide bonds. The zero-order chi connectivity index (χ0) is 18.8. The Bertz CT molecular complexity index is 833. The summed E-state index contributed by atoms with van der Waals surface area (Å²) in [5.74, 6) is 0.789. The standard InChI is InChI=1S/C20H25N5O2/c1-23(2)17-5-3-4-15(12-17)19(26)25-7-6-16-13-21-20(22-18(16)14-25)24-8-10-27-11-9-24/h3-5,12-13H,6-11,14H2,1-2H3. The van der Waals surface area contributed by atoms with Crippen LogP contribution in [0.5, 0.6) is 0 Å². The molecule has 1 aromatic heterocycles. The summed E-state index contributed by atoms with van der Waals surface area (Å²) in [4.78, 5) is 28.3. The lowest BCUT2D eigenvalue weighted by molar-refractivity contribution is 0.0731. The molecule has 2 aliphatic rings. The summed E-state index contributed by atoms with van der Waals surface area (Å²) in [6.45, 7) is 4.23. The molecule has 0 radical (unpaired) electrons. The Morgan fingerprint density at radius 3 is 2.78 bits per heavy atom. The van der Waals surface area contributed by atoms with E-state index in [-0.39, 0.29) is 5.91 Å². The number of hydrogen-bond donors (Lipinski definition) is 0. The molecule has 142 valence electrons. The highest BCUT2D eigenvalue weighted by atomic mass is 16.5. The average Bonchev–Trinajstić information content (AvgIpc) is 2.73. The SMILES string of the molecule is CN(C)c1cccc(C(=O)N2CCc3cnc(N4CCOCC4)nc3C2)c1. The highest BCUT2D eigenvalue weighted by Gasteiger charge is 2.25. The summed E-state index contributed by atoms with van der Waals surface area (Å²) < 4.78 is 5.40. The van der Waals surface area contributed by atoms with E-state index in [1.54, 1.807) is 0 Å². The van der Waals surface area contributed by atoms with Gasteiger partial charge in [-0.1, -0.05) is 6.07 Å². The quantitative estimate of drug-likeness (QED) is 0.821. The molecule has 0 unspecified atom stereocenters. The number of nitrogens with zero attached hydrogens (tertiary/aromatic N) is 5. The fourth-order valence-electron chi connectivity index (χ4n) is 3.48. The van der Waals surface area contributed by atoms with E-state index in [4.69, 9.17) is 9.72 Å². The van der Waals surface area contributed by atoms with Gasteiger partial charge in [0.2, 0.25) is 5.95 Å². The monoisotopic (exact) mass is 367 g/mol. The topological polar surface area (TPSA) is 61.8 Å². The van der Waals surface area contributed by atoms with E-state index in [9.17, 15) is 4.79 Å². The number of fused-ring (bicyclic) bond motifs is 1. The third kappa shape index (κ3) is 3.73. The normalized spacial score (nSPS) is 16.8. The second-order valence-electron chi connectivity index (χ2n) is 7.16. The van der Waals surface area contributed by atoms with Crippen LogP contribution in [0.25, 0.3) is 0 Å². The molecule has 0 bridgehead atoms. The van der Waals surface area contributed by atoms with Crippen molar-refractivity contribution in [2.24, 2.45) is 0 Å². The number of aromatic nitrogens is 2. The van der Waals surface area contributed by atoms with Crippen LogP contribution in [0, 0.1) is 0 Å². The Kier molecular flexibility index (Phi) is 4.94. The lowest BCUT2D eigenvalue weighted by atomic mass is 10.1. The number of carbonyl (C=O) groups excluding carboxylic acids is 1. The van der Waals surface area contributed by atoms with Gasteiger partial charge in [0.05, 0.1) is 25.5 Å². The third-order valence-corrected chi connectivity index (χ3v) is 5.12. The van der Waals surface area contributed by atoms with Gasteiger partial charge in [0.15, 0.2) is 0 Å². The highest BCUT2D eigenvalue weighted by Crippen LogP contribution is 2.22. The fraction of sp³-hybridized carbons (Fsp3) is 0.450. The second kappa shape index (κ2) is 7.52. The van der Waals surface area contributed by atoms with E-state index in [0.717, 1.165) is 42.4 Å². The van der Waals surface area contributed by atoms with Crippen molar-refractivity contribution in [3.63, 3.8) is 0 Å². The molecule has 2 aromatic rings. The van der Waals surface area contributed by atoms with Crippen LogP contribution in [0.1, 0.15) is 21.6 Å². The largest absolute Gasteiger partial charge is 0.378 e. The van der Waals surface area contributed by atoms with Crippen LogP contribution in [-0.2, 0) is 17.7 Å². The number of amides is 1. The Morgan fingerprint density at radius 1 is 1.19 bits per heavy atom. The molecule has 0 aliphatic carbocycles. The van der Waals surface area contributed by atoms with E-state index in [2.05, 4.69) is 9.88 Å². The zero-order valence-corrected chi connectivity index (χ0v) is 15.9. The molecule has 0 spiro atoms. The molecule has 4 rings (SSSR count). The van der Waals surface area contributed by atoms with Gasteiger partial charge in [-0.05, 0) is 30.2 Å². The van der Waals surface area contributed by atoms with Gasteiger partial charge < -0.3 is 19.4 Å². The maximum Gasteiger partial charge on any atom is 0.254 e. The first-order valence-corrected chi connectivity index (χ1v) is 9.36. The molecule has 2 aliphatic heterocycles. The summed E-state index contributed by atoms with van der Waals surface area (Å²) in [6, 6.07) is 7.75. The van der Waals surface area contributed by atoms with Crippen molar-refractivity contribution >= 4 is 17.5 Å². The number of rotatable bonds is 3. The van der Waals surface area contributed by atoms with Gasteiger partial charge in [0.25, 0.3) is 5.91 Å². The van der Waals surface area contributed by atoms with Crippen LogP contribution >= 0.6 is 0 Å². The van der Waals surface area contributed by atoms with E-state index < -0.39 is 0 Å². The van der Waals surface area contributed by atoms with Crippen molar-refractivity contribution in [2.45, 2.75) is 13.0 Å². The molecule has 0 atom stereocenters. The van der Waals surface area contributed by atoms with Gasteiger partial charge in [-0.2, -0.15) is 0 Å². The van der Waals surface area contributed by atoms with E-state index in [1.807, 2.05) is 54.4 Å². The van der Waals surface area contributed by atoms with Gasteiger partial charge >= 0.3 is 0 Å². The van der Waals surface area contributed by atoms with Gasteiger partial charge in [-0.3, -0.25) is 4.79 Å². The molecule has 7 nitrogen and oxygen atoms in total. The van der Waals surface area contributed by atoms with E-state index >= 15 is 0 Å². The van der Waals surface area contributed by atoms with Crippen molar-refractivity contribution in [1.82, 2.24) is 14.9 Å².